The zero-order valence-corrected chi connectivity index (χ0v) is 13.4. The molecule has 0 spiro atoms. The molecule has 1 fully saturated rings. The molecule has 0 atom stereocenters. The average Bonchev–Trinajstić information content (AvgIpc) is 2.26. The molecule has 0 aromatic carbocycles. The van der Waals surface area contributed by atoms with Crippen LogP contribution in [0.1, 0.15) is 34.6 Å². The Balaban J connectivity index is 2.48. The summed E-state index contributed by atoms with van der Waals surface area (Å²) in [6, 6.07) is 0. The van der Waals surface area contributed by atoms with E-state index in [2.05, 4.69) is 32.6 Å². The lowest BCUT2D eigenvalue weighted by atomic mass is 9.83. The van der Waals surface area contributed by atoms with Gasteiger partial charge in [0, 0.05) is 7.11 Å². The van der Waals surface area contributed by atoms with E-state index in [1.54, 1.807) is 7.11 Å². The van der Waals surface area contributed by atoms with E-state index in [4.69, 9.17) is 4.74 Å². The van der Waals surface area contributed by atoms with Gasteiger partial charge in [0.1, 0.15) is 10.2 Å². The Morgan fingerprint density at radius 2 is 1.59 bits per heavy atom. The molecular formula is C14H24OS2. The first kappa shape index (κ1) is 15.3. The second kappa shape index (κ2) is 5.91. The molecule has 17 heavy (non-hydrogen) atoms. The summed E-state index contributed by atoms with van der Waals surface area (Å²) in [5.74, 6) is 9.80. The van der Waals surface area contributed by atoms with Crippen LogP contribution in [0.4, 0.5) is 0 Å². The Bertz CT molecular complexity index is 298. The molecular weight excluding hydrogens is 248 g/mol. The topological polar surface area (TPSA) is 9.23 Å². The SMILES string of the molecule is COC(C)(C)C#CC1SCC(C(C)(C)C)CS1. The summed E-state index contributed by atoms with van der Waals surface area (Å²) in [5.41, 5.74) is 0.103. The Morgan fingerprint density at radius 3 is 2.00 bits per heavy atom. The highest BCUT2D eigenvalue weighted by Gasteiger charge is 2.30. The Hall–Kier alpha value is 0.220. The maximum atomic E-state index is 5.31. The second-order valence-electron chi connectivity index (χ2n) is 6.05. The third kappa shape index (κ3) is 5.16. The van der Waals surface area contributed by atoms with Crippen LogP contribution in [0.25, 0.3) is 0 Å². The zero-order chi connectivity index (χ0) is 13.1. The van der Waals surface area contributed by atoms with Gasteiger partial charge in [-0.25, -0.2) is 0 Å². The highest BCUT2D eigenvalue weighted by molar-refractivity contribution is 8.17. The van der Waals surface area contributed by atoms with Crippen molar-refractivity contribution in [1.82, 2.24) is 0 Å². The van der Waals surface area contributed by atoms with Crippen molar-refractivity contribution < 1.29 is 4.74 Å². The fourth-order valence-electron chi connectivity index (χ4n) is 1.37. The Morgan fingerprint density at radius 1 is 1.06 bits per heavy atom. The highest BCUT2D eigenvalue weighted by Crippen LogP contribution is 2.40. The number of ether oxygens (including phenoxy) is 1. The molecule has 1 nitrogen and oxygen atoms in total. The van der Waals surface area contributed by atoms with Crippen LogP contribution in [0.3, 0.4) is 0 Å². The summed E-state index contributed by atoms with van der Waals surface area (Å²) >= 11 is 3.97. The van der Waals surface area contributed by atoms with Crippen molar-refractivity contribution >= 4 is 23.5 Å². The molecule has 0 bridgehead atoms. The van der Waals surface area contributed by atoms with E-state index in [0.29, 0.717) is 10.00 Å². The molecule has 98 valence electrons. The van der Waals surface area contributed by atoms with E-state index >= 15 is 0 Å². The maximum Gasteiger partial charge on any atom is 0.122 e. The summed E-state index contributed by atoms with van der Waals surface area (Å²) in [6.45, 7) is 11.0. The normalized spacial score (nSPS) is 26.2. The van der Waals surface area contributed by atoms with Crippen LogP contribution in [0.5, 0.6) is 0 Å². The molecule has 0 amide bonds. The van der Waals surface area contributed by atoms with Crippen molar-refractivity contribution in [3.63, 3.8) is 0 Å². The van der Waals surface area contributed by atoms with Gasteiger partial charge in [-0.2, -0.15) is 0 Å². The monoisotopic (exact) mass is 272 g/mol. The largest absolute Gasteiger partial charge is 0.366 e. The Kier molecular flexibility index (Phi) is 5.31. The smallest absolute Gasteiger partial charge is 0.122 e. The van der Waals surface area contributed by atoms with Gasteiger partial charge in [0.2, 0.25) is 0 Å². The zero-order valence-electron chi connectivity index (χ0n) is 11.8. The Labute approximate surface area is 115 Å². The quantitative estimate of drug-likeness (QED) is 0.670. The molecule has 0 saturated carbocycles. The average molecular weight is 272 g/mol. The van der Waals surface area contributed by atoms with E-state index in [-0.39, 0.29) is 5.60 Å². The lowest BCUT2D eigenvalue weighted by molar-refractivity contribution is 0.0741. The molecule has 3 heteroatoms. The van der Waals surface area contributed by atoms with Crippen molar-refractivity contribution in [1.29, 1.82) is 0 Å². The van der Waals surface area contributed by atoms with E-state index in [1.165, 1.54) is 11.5 Å². The van der Waals surface area contributed by atoms with Gasteiger partial charge in [-0.15, -0.1) is 23.5 Å². The summed E-state index contributed by atoms with van der Waals surface area (Å²) in [5, 5.41) is 0. The van der Waals surface area contributed by atoms with Crippen LogP contribution in [0, 0.1) is 23.2 Å². The predicted octanol–water partition coefficient (Wildman–Crippen LogP) is 3.88. The minimum Gasteiger partial charge on any atom is -0.366 e. The summed E-state index contributed by atoms with van der Waals surface area (Å²) in [4.78, 5) is 0. The first-order valence-corrected chi connectivity index (χ1v) is 8.15. The molecule has 0 unspecified atom stereocenters. The first-order chi connectivity index (χ1) is 7.74. The molecule has 1 heterocycles. The second-order valence-corrected chi connectivity index (χ2v) is 8.62. The van der Waals surface area contributed by atoms with Gasteiger partial charge in [-0.05, 0) is 36.7 Å². The molecule has 0 aromatic heterocycles. The van der Waals surface area contributed by atoms with Crippen LogP contribution in [0.15, 0.2) is 0 Å². The van der Waals surface area contributed by atoms with Gasteiger partial charge in [0.05, 0.1) is 0 Å². The molecule has 0 N–H and O–H groups in total. The van der Waals surface area contributed by atoms with Crippen molar-refractivity contribution in [3.05, 3.63) is 0 Å². The van der Waals surface area contributed by atoms with Gasteiger partial charge in [-0.1, -0.05) is 32.6 Å². The van der Waals surface area contributed by atoms with E-state index in [0.717, 1.165) is 5.92 Å². The van der Waals surface area contributed by atoms with Crippen LogP contribution in [-0.2, 0) is 4.74 Å². The summed E-state index contributed by atoms with van der Waals surface area (Å²) in [7, 11) is 1.71. The van der Waals surface area contributed by atoms with E-state index in [9.17, 15) is 0 Å². The molecule has 0 radical (unpaired) electrons. The van der Waals surface area contributed by atoms with Gasteiger partial charge < -0.3 is 4.74 Å². The lowest BCUT2D eigenvalue weighted by Gasteiger charge is -2.34. The minimum absolute atomic E-state index is 0.317. The molecule has 1 aliphatic heterocycles. The lowest BCUT2D eigenvalue weighted by Crippen LogP contribution is -2.29. The summed E-state index contributed by atoms with van der Waals surface area (Å²) < 4.78 is 5.73. The first-order valence-electron chi connectivity index (χ1n) is 6.05. The van der Waals surface area contributed by atoms with Crippen LogP contribution in [-0.4, -0.2) is 28.8 Å². The number of thioether (sulfide) groups is 2. The number of methoxy groups -OCH3 is 1. The van der Waals surface area contributed by atoms with Gasteiger partial charge in [0.25, 0.3) is 0 Å². The van der Waals surface area contributed by atoms with E-state index in [1.807, 2.05) is 37.4 Å². The molecule has 0 aliphatic carbocycles. The third-order valence-corrected chi connectivity index (χ3v) is 5.97. The highest BCUT2D eigenvalue weighted by atomic mass is 32.2. The number of hydrogen-bond acceptors (Lipinski definition) is 3. The van der Waals surface area contributed by atoms with Gasteiger partial charge in [-0.3, -0.25) is 0 Å². The van der Waals surface area contributed by atoms with Crippen molar-refractivity contribution in [3.8, 4) is 11.8 Å². The van der Waals surface area contributed by atoms with Crippen molar-refractivity contribution in [2.45, 2.75) is 44.8 Å². The van der Waals surface area contributed by atoms with Crippen molar-refractivity contribution in [2.24, 2.45) is 11.3 Å². The number of rotatable bonds is 1. The third-order valence-electron chi connectivity index (χ3n) is 3.12. The minimum atomic E-state index is -0.317. The standard InChI is InChI=1S/C14H24OS2/c1-13(2,3)11-9-16-12(17-10-11)7-8-14(4,5)15-6/h11-12H,9-10H2,1-6H3. The van der Waals surface area contributed by atoms with Crippen molar-refractivity contribution in [2.75, 3.05) is 18.6 Å². The molecule has 0 aromatic rings. The van der Waals surface area contributed by atoms with Crippen LogP contribution >= 0.6 is 23.5 Å². The van der Waals surface area contributed by atoms with Crippen LogP contribution in [0.2, 0.25) is 0 Å². The fraction of sp³-hybridized carbons (Fsp3) is 0.857. The fourth-order valence-corrected chi connectivity index (χ4v) is 4.71. The molecule has 1 saturated heterocycles. The molecule has 1 rings (SSSR count). The molecule has 1 aliphatic rings. The number of hydrogen-bond donors (Lipinski definition) is 0. The summed E-state index contributed by atoms with van der Waals surface area (Å²) in [6.07, 6.45) is 0. The maximum absolute atomic E-state index is 5.31. The van der Waals surface area contributed by atoms with Crippen LogP contribution < -0.4 is 0 Å². The van der Waals surface area contributed by atoms with Gasteiger partial charge >= 0.3 is 0 Å². The van der Waals surface area contributed by atoms with E-state index < -0.39 is 0 Å². The predicted molar refractivity (Wildman–Crippen MR) is 80.5 cm³/mol. The van der Waals surface area contributed by atoms with Gasteiger partial charge in [0.15, 0.2) is 0 Å².